The number of ketones is 1. The van der Waals surface area contributed by atoms with Crippen molar-refractivity contribution in [3.63, 3.8) is 0 Å². The number of hydrogen-bond donors (Lipinski definition) is 2. The zero-order valence-corrected chi connectivity index (χ0v) is 17.9. The van der Waals surface area contributed by atoms with E-state index >= 15 is 0 Å². The minimum absolute atomic E-state index is 0.0708. The Morgan fingerprint density at radius 3 is 2.52 bits per heavy atom. The summed E-state index contributed by atoms with van der Waals surface area (Å²) in [4.78, 5) is 27.0. The van der Waals surface area contributed by atoms with Crippen LogP contribution >= 0.6 is 0 Å². The highest BCUT2D eigenvalue weighted by Crippen LogP contribution is 2.39. The molecule has 174 valence electrons. The van der Waals surface area contributed by atoms with Crippen molar-refractivity contribution in [2.75, 3.05) is 13.7 Å². The number of rotatable bonds is 8. The average molecular weight is 461 g/mol. The number of primary amides is 1. The molecule has 0 aliphatic rings. The Morgan fingerprint density at radius 2 is 1.88 bits per heavy atom. The van der Waals surface area contributed by atoms with Gasteiger partial charge in [0.15, 0.2) is 5.78 Å². The fraction of sp³-hybridized carbons (Fsp3) is 0.261. The SMILES string of the molecule is COc1cccc(-n2c(O)c(C(C)=NCC(=O)CCC(N)=O)c3ccc(C(F)(F)F)cc32)c1. The molecule has 3 rings (SSSR count). The highest BCUT2D eigenvalue weighted by Gasteiger charge is 2.32. The van der Waals surface area contributed by atoms with E-state index in [1.807, 2.05) is 0 Å². The molecule has 33 heavy (non-hydrogen) atoms. The maximum atomic E-state index is 13.4. The number of aromatic nitrogens is 1. The van der Waals surface area contributed by atoms with Crippen molar-refractivity contribution in [3.8, 4) is 17.3 Å². The molecule has 1 heterocycles. The number of fused-ring (bicyclic) bond motifs is 1. The van der Waals surface area contributed by atoms with Crippen molar-refractivity contribution in [1.82, 2.24) is 4.57 Å². The van der Waals surface area contributed by atoms with E-state index in [9.17, 15) is 27.9 Å². The number of methoxy groups -OCH3 is 1. The highest BCUT2D eigenvalue weighted by molar-refractivity contribution is 6.13. The monoisotopic (exact) mass is 461 g/mol. The van der Waals surface area contributed by atoms with Gasteiger partial charge in [0, 0.05) is 30.0 Å². The summed E-state index contributed by atoms with van der Waals surface area (Å²) in [5.74, 6) is -0.816. The summed E-state index contributed by atoms with van der Waals surface area (Å²) in [7, 11) is 1.45. The molecule has 0 unspecified atom stereocenters. The number of benzene rings is 2. The van der Waals surface area contributed by atoms with E-state index in [4.69, 9.17) is 10.5 Å². The smallest absolute Gasteiger partial charge is 0.416 e. The van der Waals surface area contributed by atoms with Crippen LogP contribution < -0.4 is 10.5 Å². The largest absolute Gasteiger partial charge is 0.497 e. The summed E-state index contributed by atoms with van der Waals surface area (Å²) in [5, 5.41) is 11.4. The second-order valence-electron chi connectivity index (χ2n) is 7.37. The van der Waals surface area contributed by atoms with Crippen molar-refractivity contribution in [3.05, 3.63) is 53.6 Å². The molecule has 0 bridgehead atoms. The van der Waals surface area contributed by atoms with E-state index in [0.29, 0.717) is 16.8 Å². The summed E-state index contributed by atoms with van der Waals surface area (Å²) >= 11 is 0. The van der Waals surface area contributed by atoms with E-state index in [-0.39, 0.29) is 47.8 Å². The molecule has 0 aliphatic heterocycles. The number of alkyl halides is 3. The van der Waals surface area contributed by atoms with Gasteiger partial charge in [0.1, 0.15) is 5.75 Å². The van der Waals surface area contributed by atoms with Gasteiger partial charge in [-0.2, -0.15) is 13.2 Å². The van der Waals surface area contributed by atoms with E-state index in [1.165, 1.54) is 17.7 Å². The fourth-order valence-electron chi connectivity index (χ4n) is 3.45. The van der Waals surface area contributed by atoms with Crippen molar-refractivity contribution in [1.29, 1.82) is 0 Å². The molecule has 0 atom stereocenters. The molecule has 7 nitrogen and oxygen atoms in total. The van der Waals surface area contributed by atoms with Crippen LogP contribution in [0.1, 0.15) is 30.9 Å². The van der Waals surface area contributed by atoms with Crippen LogP contribution in [-0.2, 0) is 15.8 Å². The van der Waals surface area contributed by atoms with Crippen LogP contribution in [-0.4, -0.2) is 40.7 Å². The van der Waals surface area contributed by atoms with Gasteiger partial charge in [-0.1, -0.05) is 12.1 Å². The molecule has 0 aliphatic carbocycles. The number of Topliss-reactive ketones (excluding diaryl/α,β-unsaturated/α-hetero) is 1. The summed E-state index contributed by atoms with van der Waals surface area (Å²) in [6, 6.07) is 9.63. The zero-order chi connectivity index (χ0) is 24.3. The average Bonchev–Trinajstić information content (AvgIpc) is 3.06. The van der Waals surface area contributed by atoms with Gasteiger partial charge in [-0.3, -0.25) is 19.1 Å². The van der Waals surface area contributed by atoms with Crippen LogP contribution in [0.3, 0.4) is 0 Å². The highest BCUT2D eigenvalue weighted by atomic mass is 19.4. The van der Waals surface area contributed by atoms with Crippen LogP contribution in [0.15, 0.2) is 47.5 Å². The van der Waals surface area contributed by atoms with Crippen molar-refractivity contribution < 1.29 is 32.6 Å². The second kappa shape index (κ2) is 9.35. The van der Waals surface area contributed by atoms with Gasteiger partial charge < -0.3 is 15.6 Å². The number of carbonyl (C=O) groups excluding carboxylic acids is 2. The number of amides is 1. The van der Waals surface area contributed by atoms with Crippen LogP contribution in [0.4, 0.5) is 13.2 Å². The Hall–Kier alpha value is -3.82. The maximum absolute atomic E-state index is 13.4. The molecule has 2 aromatic carbocycles. The molecule has 3 N–H and O–H groups in total. The van der Waals surface area contributed by atoms with E-state index < -0.39 is 17.6 Å². The molecule has 1 aromatic heterocycles. The van der Waals surface area contributed by atoms with Gasteiger partial charge in [0.05, 0.1) is 36.0 Å². The molecule has 0 spiro atoms. The molecule has 10 heteroatoms. The third kappa shape index (κ3) is 5.16. The molecule has 1 amide bonds. The summed E-state index contributed by atoms with van der Waals surface area (Å²) in [6.45, 7) is 1.29. The third-order valence-corrected chi connectivity index (χ3v) is 5.09. The van der Waals surface area contributed by atoms with Crippen molar-refractivity contribution >= 4 is 28.3 Å². The lowest BCUT2D eigenvalue weighted by molar-refractivity contribution is -0.137. The maximum Gasteiger partial charge on any atom is 0.416 e. The molecule has 0 radical (unpaired) electrons. The van der Waals surface area contributed by atoms with Crippen LogP contribution in [0, 0.1) is 0 Å². The topological polar surface area (TPSA) is 107 Å². The lowest BCUT2D eigenvalue weighted by Crippen LogP contribution is -2.14. The molecular formula is C23H22F3N3O4. The summed E-state index contributed by atoms with van der Waals surface area (Å²) in [5.41, 5.74) is 5.11. The Labute approximate surface area is 187 Å². The molecule has 0 fully saturated rings. The quantitative estimate of drug-likeness (QED) is 0.495. The Kier molecular flexibility index (Phi) is 6.75. The predicted octanol–water partition coefficient (Wildman–Crippen LogP) is 4.01. The van der Waals surface area contributed by atoms with Gasteiger partial charge in [0.25, 0.3) is 0 Å². The first-order valence-electron chi connectivity index (χ1n) is 9.93. The molecule has 0 saturated carbocycles. The van der Waals surface area contributed by atoms with Gasteiger partial charge in [-0.15, -0.1) is 0 Å². The number of carbonyl (C=O) groups is 2. The number of aromatic hydroxyl groups is 1. The number of aliphatic imine (C=N–C) groups is 1. The fourth-order valence-corrected chi connectivity index (χ4v) is 3.45. The third-order valence-electron chi connectivity index (χ3n) is 5.09. The van der Waals surface area contributed by atoms with Gasteiger partial charge in [0.2, 0.25) is 11.8 Å². The first kappa shape index (κ1) is 23.8. The Balaban J connectivity index is 2.15. The van der Waals surface area contributed by atoms with Gasteiger partial charge >= 0.3 is 6.18 Å². The van der Waals surface area contributed by atoms with Crippen LogP contribution in [0.25, 0.3) is 16.6 Å². The number of halogens is 3. The first-order chi connectivity index (χ1) is 15.5. The molecule has 0 saturated heterocycles. The van der Waals surface area contributed by atoms with Gasteiger partial charge in [-0.25, -0.2) is 0 Å². The molecule has 3 aromatic rings. The lowest BCUT2D eigenvalue weighted by Gasteiger charge is -2.11. The Morgan fingerprint density at radius 1 is 1.15 bits per heavy atom. The normalized spacial score (nSPS) is 12.2. The second-order valence-corrected chi connectivity index (χ2v) is 7.37. The zero-order valence-electron chi connectivity index (χ0n) is 17.9. The molecular weight excluding hydrogens is 439 g/mol. The first-order valence-corrected chi connectivity index (χ1v) is 9.93. The van der Waals surface area contributed by atoms with Crippen LogP contribution in [0.5, 0.6) is 11.6 Å². The minimum atomic E-state index is -4.58. The van der Waals surface area contributed by atoms with E-state index in [0.717, 1.165) is 12.1 Å². The number of nitrogens with zero attached hydrogens (tertiary/aromatic N) is 2. The number of nitrogens with two attached hydrogens (primary N) is 1. The number of ether oxygens (including phenoxy) is 1. The van der Waals surface area contributed by atoms with Crippen LogP contribution in [0.2, 0.25) is 0 Å². The summed E-state index contributed by atoms with van der Waals surface area (Å²) in [6.07, 6.45) is -4.75. The predicted molar refractivity (Wildman–Crippen MR) is 117 cm³/mol. The van der Waals surface area contributed by atoms with Gasteiger partial charge in [-0.05, 0) is 31.2 Å². The van der Waals surface area contributed by atoms with E-state index in [2.05, 4.69) is 4.99 Å². The lowest BCUT2D eigenvalue weighted by atomic mass is 10.1. The summed E-state index contributed by atoms with van der Waals surface area (Å²) < 4.78 is 46.6. The number of hydrogen-bond acceptors (Lipinski definition) is 5. The van der Waals surface area contributed by atoms with Crippen molar-refractivity contribution in [2.24, 2.45) is 10.7 Å². The minimum Gasteiger partial charge on any atom is -0.497 e. The Bertz CT molecular complexity index is 1250. The van der Waals surface area contributed by atoms with Crippen molar-refractivity contribution in [2.45, 2.75) is 25.9 Å². The standard InChI is InChI=1S/C23H22F3N3O4/c1-13(28-12-16(30)7-9-20(27)31)21-18-8-6-14(23(24,25)26)10-19(18)29(22(21)32)15-4-3-5-17(11-15)33-2/h3-6,8,10-11,32H,7,9,12H2,1-2H3,(H2,27,31). The van der Waals surface area contributed by atoms with E-state index in [1.54, 1.807) is 31.2 Å².